The van der Waals surface area contributed by atoms with E-state index in [9.17, 15) is 0 Å². The van der Waals surface area contributed by atoms with Gasteiger partial charge in [-0.2, -0.15) is 0 Å². The zero-order valence-corrected chi connectivity index (χ0v) is 11.2. The third-order valence-corrected chi connectivity index (χ3v) is 3.51. The summed E-state index contributed by atoms with van der Waals surface area (Å²) in [6.07, 6.45) is 9.58. The molecule has 1 rings (SSSR count). The highest BCUT2D eigenvalue weighted by molar-refractivity contribution is 4.73. The second-order valence-corrected chi connectivity index (χ2v) is 5.80. The fourth-order valence-electron chi connectivity index (χ4n) is 2.16. The maximum atomic E-state index is 5.74. The molecule has 96 valence electrons. The van der Waals surface area contributed by atoms with Gasteiger partial charge in [-0.1, -0.05) is 26.2 Å². The Balaban J connectivity index is 1.79. The zero-order chi connectivity index (χ0) is 11.8. The number of rotatable bonds is 10. The van der Waals surface area contributed by atoms with Gasteiger partial charge in [-0.25, -0.2) is 0 Å². The van der Waals surface area contributed by atoms with Crippen LogP contribution in [-0.4, -0.2) is 19.1 Å². The molecule has 0 aromatic heterocycles. The summed E-state index contributed by atoms with van der Waals surface area (Å²) in [5.74, 6) is 1.89. The highest BCUT2D eigenvalue weighted by Crippen LogP contribution is 2.33. The molecule has 1 aliphatic carbocycles. The van der Waals surface area contributed by atoms with E-state index in [1.807, 2.05) is 0 Å². The Kier molecular flexibility index (Phi) is 7.06. The van der Waals surface area contributed by atoms with Crippen LogP contribution in [0.4, 0.5) is 0 Å². The molecular formula is C14H30N2. The first-order valence-electron chi connectivity index (χ1n) is 7.14. The molecule has 2 nitrogen and oxygen atoms in total. The molecule has 1 aliphatic rings. The summed E-state index contributed by atoms with van der Waals surface area (Å²) in [7, 11) is 0. The normalized spacial score (nSPS) is 19.7. The first-order valence-corrected chi connectivity index (χ1v) is 7.14. The van der Waals surface area contributed by atoms with Crippen LogP contribution in [0.15, 0.2) is 0 Å². The predicted octanol–water partition coefficient (Wildman–Crippen LogP) is 2.92. The van der Waals surface area contributed by atoms with Crippen LogP contribution < -0.4 is 11.1 Å². The molecule has 0 radical (unpaired) electrons. The SMILES string of the molecule is CC(N)CCCC(C)CNCCCC1CC1. The summed E-state index contributed by atoms with van der Waals surface area (Å²) in [5, 5.41) is 3.58. The van der Waals surface area contributed by atoms with E-state index in [2.05, 4.69) is 19.2 Å². The first-order chi connectivity index (χ1) is 7.68. The summed E-state index contributed by atoms with van der Waals surface area (Å²) in [6.45, 7) is 6.84. The summed E-state index contributed by atoms with van der Waals surface area (Å²) < 4.78 is 0. The van der Waals surface area contributed by atoms with Crippen molar-refractivity contribution in [3.05, 3.63) is 0 Å². The van der Waals surface area contributed by atoms with Gasteiger partial charge in [0, 0.05) is 6.04 Å². The minimum Gasteiger partial charge on any atom is -0.328 e. The lowest BCUT2D eigenvalue weighted by Crippen LogP contribution is -2.23. The van der Waals surface area contributed by atoms with Gasteiger partial charge >= 0.3 is 0 Å². The van der Waals surface area contributed by atoms with Crippen molar-refractivity contribution < 1.29 is 0 Å². The van der Waals surface area contributed by atoms with Gasteiger partial charge in [-0.15, -0.1) is 0 Å². The van der Waals surface area contributed by atoms with Crippen LogP contribution in [0.3, 0.4) is 0 Å². The maximum absolute atomic E-state index is 5.74. The Morgan fingerprint density at radius 3 is 2.56 bits per heavy atom. The number of hydrogen-bond donors (Lipinski definition) is 2. The molecule has 0 heterocycles. The van der Waals surface area contributed by atoms with Crippen molar-refractivity contribution >= 4 is 0 Å². The molecule has 2 heteroatoms. The van der Waals surface area contributed by atoms with E-state index >= 15 is 0 Å². The van der Waals surface area contributed by atoms with Crippen molar-refractivity contribution in [2.45, 2.75) is 64.8 Å². The van der Waals surface area contributed by atoms with E-state index in [1.165, 1.54) is 58.0 Å². The summed E-state index contributed by atoms with van der Waals surface area (Å²) in [6, 6.07) is 0.374. The Hall–Kier alpha value is -0.0800. The van der Waals surface area contributed by atoms with Crippen molar-refractivity contribution in [3.63, 3.8) is 0 Å². The lowest BCUT2D eigenvalue weighted by atomic mass is 10.0. The molecule has 1 fully saturated rings. The van der Waals surface area contributed by atoms with Crippen LogP contribution in [0.1, 0.15) is 58.8 Å². The topological polar surface area (TPSA) is 38.0 Å². The molecule has 16 heavy (non-hydrogen) atoms. The highest BCUT2D eigenvalue weighted by atomic mass is 14.8. The molecule has 0 aromatic rings. The van der Waals surface area contributed by atoms with Crippen LogP contribution >= 0.6 is 0 Å². The Morgan fingerprint density at radius 1 is 1.19 bits per heavy atom. The van der Waals surface area contributed by atoms with Crippen LogP contribution in [0.2, 0.25) is 0 Å². The lowest BCUT2D eigenvalue weighted by Gasteiger charge is -2.13. The third kappa shape index (κ3) is 8.12. The van der Waals surface area contributed by atoms with Crippen molar-refractivity contribution in [1.82, 2.24) is 5.32 Å². The molecule has 0 bridgehead atoms. The van der Waals surface area contributed by atoms with Crippen molar-refractivity contribution in [3.8, 4) is 0 Å². The molecule has 0 saturated heterocycles. The summed E-state index contributed by atoms with van der Waals surface area (Å²) in [5.41, 5.74) is 5.74. The molecule has 0 aliphatic heterocycles. The van der Waals surface area contributed by atoms with Crippen LogP contribution in [-0.2, 0) is 0 Å². The smallest absolute Gasteiger partial charge is 0.00104 e. The van der Waals surface area contributed by atoms with Gasteiger partial charge in [0.05, 0.1) is 0 Å². The summed E-state index contributed by atoms with van der Waals surface area (Å²) in [4.78, 5) is 0. The van der Waals surface area contributed by atoms with Gasteiger partial charge in [-0.05, 0) is 57.5 Å². The third-order valence-electron chi connectivity index (χ3n) is 3.51. The fourth-order valence-corrected chi connectivity index (χ4v) is 2.16. The van der Waals surface area contributed by atoms with Crippen LogP contribution in [0.25, 0.3) is 0 Å². The standard InChI is InChI=1S/C14H30N2/c1-12(5-3-6-13(2)15)11-16-10-4-7-14-8-9-14/h12-14,16H,3-11,15H2,1-2H3. The van der Waals surface area contributed by atoms with Gasteiger partial charge in [0.15, 0.2) is 0 Å². The molecule has 2 unspecified atom stereocenters. The molecule has 1 saturated carbocycles. The maximum Gasteiger partial charge on any atom is 0.00104 e. The van der Waals surface area contributed by atoms with E-state index in [1.54, 1.807) is 0 Å². The number of nitrogens with two attached hydrogens (primary N) is 1. The molecule has 3 N–H and O–H groups in total. The second-order valence-electron chi connectivity index (χ2n) is 5.80. The predicted molar refractivity (Wildman–Crippen MR) is 71.5 cm³/mol. The van der Waals surface area contributed by atoms with E-state index in [-0.39, 0.29) is 0 Å². The van der Waals surface area contributed by atoms with Gasteiger partial charge in [-0.3, -0.25) is 0 Å². The number of hydrogen-bond acceptors (Lipinski definition) is 2. The largest absolute Gasteiger partial charge is 0.328 e. The van der Waals surface area contributed by atoms with E-state index in [0.29, 0.717) is 6.04 Å². The van der Waals surface area contributed by atoms with E-state index < -0.39 is 0 Å². The highest BCUT2D eigenvalue weighted by Gasteiger charge is 2.19. The Labute approximate surface area is 101 Å². The minimum atomic E-state index is 0.374. The van der Waals surface area contributed by atoms with Crippen molar-refractivity contribution in [1.29, 1.82) is 0 Å². The number of nitrogens with one attached hydrogen (secondary N) is 1. The molecule has 0 aromatic carbocycles. The average molecular weight is 226 g/mol. The minimum absolute atomic E-state index is 0.374. The van der Waals surface area contributed by atoms with Crippen molar-refractivity contribution in [2.75, 3.05) is 13.1 Å². The van der Waals surface area contributed by atoms with Gasteiger partial charge in [0.25, 0.3) is 0 Å². The molecule has 0 amide bonds. The van der Waals surface area contributed by atoms with E-state index in [4.69, 9.17) is 5.73 Å². The fraction of sp³-hybridized carbons (Fsp3) is 1.00. The second kappa shape index (κ2) is 8.08. The monoisotopic (exact) mass is 226 g/mol. The van der Waals surface area contributed by atoms with Gasteiger partial charge in [0.2, 0.25) is 0 Å². The summed E-state index contributed by atoms with van der Waals surface area (Å²) >= 11 is 0. The average Bonchev–Trinajstić information content (AvgIpc) is 3.00. The van der Waals surface area contributed by atoms with E-state index in [0.717, 1.165) is 11.8 Å². The molecule has 0 spiro atoms. The van der Waals surface area contributed by atoms with Crippen LogP contribution in [0, 0.1) is 11.8 Å². The Morgan fingerprint density at radius 2 is 1.94 bits per heavy atom. The zero-order valence-electron chi connectivity index (χ0n) is 11.2. The van der Waals surface area contributed by atoms with Crippen LogP contribution in [0.5, 0.6) is 0 Å². The van der Waals surface area contributed by atoms with Gasteiger partial charge in [0.1, 0.15) is 0 Å². The Bertz CT molecular complexity index is 164. The van der Waals surface area contributed by atoms with Gasteiger partial charge < -0.3 is 11.1 Å². The molecular weight excluding hydrogens is 196 g/mol. The molecule has 2 atom stereocenters. The first kappa shape index (κ1) is 14.0. The van der Waals surface area contributed by atoms with Crippen molar-refractivity contribution in [2.24, 2.45) is 17.6 Å². The lowest BCUT2D eigenvalue weighted by molar-refractivity contribution is 0.443. The quantitative estimate of drug-likeness (QED) is 0.562.